The summed E-state index contributed by atoms with van der Waals surface area (Å²) in [4.78, 5) is 9.60. The lowest BCUT2D eigenvalue weighted by Crippen LogP contribution is -2.44. The standard InChI is InChI=1S/C12H17ClN2.C5H10O2/c13-11-3-1-10(2-4-11)12(9-14)5-7-15-8-6-12;1-5(2,3)7-4-6/h1-4,15H,5-9,14H2;4H,1-3H3. The van der Waals surface area contributed by atoms with Gasteiger partial charge in [0.15, 0.2) is 0 Å². The third-order valence-corrected chi connectivity index (χ3v) is 4.06. The van der Waals surface area contributed by atoms with E-state index in [4.69, 9.17) is 17.3 Å². The van der Waals surface area contributed by atoms with Crippen molar-refractivity contribution in [1.29, 1.82) is 0 Å². The van der Waals surface area contributed by atoms with Crippen LogP contribution in [0.3, 0.4) is 0 Å². The highest BCUT2D eigenvalue weighted by Gasteiger charge is 2.32. The van der Waals surface area contributed by atoms with Crippen LogP contribution in [0.5, 0.6) is 0 Å². The van der Waals surface area contributed by atoms with Crippen molar-refractivity contribution in [3.8, 4) is 0 Å². The van der Waals surface area contributed by atoms with Gasteiger partial charge in [0.2, 0.25) is 0 Å². The minimum absolute atomic E-state index is 0.163. The van der Waals surface area contributed by atoms with Gasteiger partial charge in [0.05, 0.1) is 0 Å². The van der Waals surface area contributed by atoms with E-state index in [0.29, 0.717) is 6.47 Å². The highest BCUT2D eigenvalue weighted by Crippen LogP contribution is 2.32. The quantitative estimate of drug-likeness (QED) is 0.838. The first-order chi connectivity index (χ1) is 10.3. The van der Waals surface area contributed by atoms with Gasteiger partial charge in [0.25, 0.3) is 6.47 Å². The van der Waals surface area contributed by atoms with Gasteiger partial charge in [0.1, 0.15) is 5.60 Å². The molecular weight excluding hydrogens is 300 g/mol. The zero-order valence-electron chi connectivity index (χ0n) is 13.7. The molecule has 0 atom stereocenters. The summed E-state index contributed by atoms with van der Waals surface area (Å²) in [6.45, 7) is 8.75. The zero-order chi connectivity index (χ0) is 16.6. The Labute approximate surface area is 138 Å². The maximum Gasteiger partial charge on any atom is 0.293 e. The molecule has 5 heteroatoms. The smallest absolute Gasteiger partial charge is 0.293 e. The Balaban J connectivity index is 0.000000295. The van der Waals surface area contributed by atoms with E-state index in [1.807, 2.05) is 32.9 Å². The van der Waals surface area contributed by atoms with E-state index in [1.165, 1.54) is 5.56 Å². The van der Waals surface area contributed by atoms with Crippen LogP contribution in [0.15, 0.2) is 24.3 Å². The SMILES string of the molecule is CC(C)(C)OC=O.NCC1(c2ccc(Cl)cc2)CCNCC1. The number of benzene rings is 1. The molecule has 3 N–H and O–H groups in total. The minimum atomic E-state index is -0.318. The molecular formula is C17H27ClN2O2. The number of halogens is 1. The maximum absolute atomic E-state index is 9.60. The van der Waals surface area contributed by atoms with Crippen molar-refractivity contribution in [1.82, 2.24) is 5.32 Å². The number of nitrogens with one attached hydrogen (secondary N) is 1. The number of carbonyl (C=O) groups is 1. The summed E-state index contributed by atoms with van der Waals surface area (Å²) in [6.07, 6.45) is 2.23. The van der Waals surface area contributed by atoms with Gasteiger partial charge >= 0.3 is 0 Å². The molecule has 0 aromatic heterocycles. The molecule has 124 valence electrons. The molecule has 0 saturated carbocycles. The molecule has 0 unspecified atom stereocenters. The van der Waals surface area contributed by atoms with Gasteiger partial charge in [-0.15, -0.1) is 0 Å². The molecule has 2 rings (SSSR count). The van der Waals surface area contributed by atoms with Crippen molar-refractivity contribution < 1.29 is 9.53 Å². The molecule has 22 heavy (non-hydrogen) atoms. The first-order valence-electron chi connectivity index (χ1n) is 7.61. The molecule has 0 aliphatic carbocycles. The number of hydrogen-bond donors (Lipinski definition) is 2. The Hall–Kier alpha value is -1.10. The lowest BCUT2D eigenvalue weighted by atomic mass is 9.73. The van der Waals surface area contributed by atoms with Crippen LogP contribution in [0.1, 0.15) is 39.2 Å². The Morgan fingerprint density at radius 3 is 2.18 bits per heavy atom. The van der Waals surface area contributed by atoms with Crippen LogP contribution >= 0.6 is 11.6 Å². The van der Waals surface area contributed by atoms with E-state index in [-0.39, 0.29) is 11.0 Å². The van der Waals surface area contributed by atoms with Gasteiger partial charge in [-0.05, 0) is 64.4 Å². The van der Waals surface area contributed by atoms with E-state index >= 15 is 0 Å². The number of piperidine rings is 1. The summed E-state index contributed by atoms with van der Waals surface area (Å²) in [7, 11) is 0. The average Bonchev–Trinajstić information content (AvgIpc) is 2.48. The monoisotopic (exact) mass is 326 g/mol. The van der Waals surface area contributed by atoms with E-state index in [9.17, 15) is 4.79 Å². The topological polar surface area (TPSA) is 64.3 Å². The summed E-state index contributed by atoms with van der Waals surface area (Å²) in [5.41, 5.74) is 7.12. The lowest BCUT2D eigenvalue weighted by Gasteiger charge is -2.37. The van der Waals surface area contributed by atoms with E-state index in [1.54, 1.807) is 0 Å². The van der Waals surface area contributed by atoms with Crippen LogP contribution in [-0.2, 0) is 14.9 Å². The minimum Gasteiger partial charge on any atom is -0.462 e. The molecule has 0 spiro atoms. The highest BCUT2D eigenvalue weighted by atomic mass is 35.5. The predicted molar refractivity (Wildman–Crippen MR) is 91.2 cm³/mol. The van der Waals surface area contributed by atoms with Crippen LogP contribution in [-0.4, -0.2) is 31.7 Å². The van der Waals surface area contributed by atoms with Gasteiger partial charge < -0.3 is 15.8 Å². The molecule has 1 aromatic rings. The van der Waals surface area contributed by atoms with Crippen LogP contribution in [0.4, 0.5) is 0 Å². The predicted octanol–water partition coefficient (Wildman–Crippen LogP) is 2.88. The Bertz CT molecular complexity index is 449. The number of ether oxygens (including phenoxy) is 1. The molecule has 0 bridgehead atoms. The van der Waals surface area contributed by atoms with Crippen LogP contribution < -0.4 is 11.1 Å². The first kappa shape index (κ1) is 18.9. The van der Waals surface area contributed by atoms with Gasteiger partial charge in [-0.2, -0.15) is 0 Å². The molecule has 0 amide bonds. The fraction of sp³-hybridized carbons (Fsp3) is 0.588. The molecule has 1 heterocycles. The summed E-state index contributed by atoms with van der Waals surface area (Å²) < 4.78 is 4.55. The van der Waals surface area contributed by atoms with Crippen molar-refractivity contribution in [3.05, 3.63) is 34.9 Å². The second-order valence-electron chi connectivity index (χ2n) is 6.57. The van der Waals surface area contributed by atoms with Gasteiger partial charge in [-0.25, -0.2) is 0 Å². The maximum atomic E-state index is 9.60. The molecule has 4 nitrogen and oxygen atoms in total. The normalized spacial score (nSPS) is 17.1. The van der Waals surface area contributed by atoms with Gasteiger partial charge in [-0.3, -0.25) is 4.79 Å². The number of carbonyl (C=O) groups excluding carboxylic acids is 1. The van der Waals surface area contributed by atoms with Crippen molar-refractivity contribution in [2.45, 2.75) is 44.6 Å². The number of rotatable bonds is 3. The highest BCUT2D eigenvalue weighted by molar-refractivity contribution is 6.30. The van der Waals surface area contributed by atoms with Crippen molar-refractivity contribution in [2.24, 2.45) is 5.73 Å². The second-order valence-corrected chi connectivity index (χ2v) is 7.00. The van der Waals surface area contributed by atoms with E-state index < -0.39 is 0 Å². The van der Waals surface area contributed by atoms with Crippen LogP contribution in [0.25, 0.3) is 0 Å². The third kappa shape index (κ3) is 5.95. The molecule has 1 aliphatic heterocycles. The number of nitrogens with two attached hydrogens (primary N) is 1. The van der Waals surface area contributed by atoms with Gasteiger partial charge in [-0.1, -0.05) is 23.7 Å². The Morgan fingerprint density at radius 1 is 1.27 bits per heavy atom. The van der Waals surface area contributed by atoms with Crippen molar-refractivity contribution >= 4 is 18.1 Å². The van der Waals surface area contributed by atoms with Crippen LogP contribution in [0, 0.1) is 0 Å². The lowest BCUT2D eigenvalue weighted by molar-refractivity contribution is -0.138. The molecule has 1 fully saturated rings. The molecule has 1 aromatic carbocycles. The molecule has 0 radical (unpaired) electrons. The fourth-order valence-electron chi connectivity index (χ4n) is 2.46. The Kier molecular flexibility index (Phi) is 7.33. The summed E-state index contributed by atoms with van der Waals surface area (Å²) >= 11 is 5.90. The fourth-order valence-corrected chi connectivity index (χ4v) is 2.59. The third-order valence-electron chi connectivity index (χ3n) is 3.81. The van der Waals surface area contributed by atoms with Crippen molar-refractivity contribution in [2.75, 3.05) is 19.6 Å². The van der Waals surface area contributed by atoms with E-state index in [2.05, 4.69) is 22.2 Å². The largest absolute Gasteiger partial charge is 0.462 e. The summed E-state index contributed by atoms with van der Waals surface area (Å²) in [5.74, 6) is 0. The second kappa shape index (κ2) is 8.51. The number of hydrogen-bond acceptors (Lipinski definition) is 4. The molecule has 1 aliphatic rings. The summed E-state index contributed by atoms with van der Waals surface area (Å²) in [5, 5.41) is 4.16. The summed E-state index contributed by atoms with van der Waals surface area (Å²) in [6, 6.07) is 8.13. The van der Waals surface area contributed by atoms with E-state index in [0.717, 1.165) is 37.5 Å². The first-order valence-corrected chi connectivity index (χ1v) is 7.99. The zero-order valence-corrected chi connectivity index (χ0v) is 14.5. The van der Waals surface area contributed by atoms with Crippen molar-refractivity contribution in [3.63, 3.8) is 0 Å². The average molecular weight is 327 g/mol. The Morgan fingerprint density at radius 2 is 1.82 bits per heavy atom. The molecule has 1 saturated heterocycles. The van der Waals surface area contributed by atoms with Gasteiger partial charge in [0, 0.05) is 17.0 Å². The van der Waals surface area contributed by atoms with Crippen LogP contribution in [0.2, 0.25) is 5.02 Å².